The van der Waals surface area contributed by atoms with Crippen LogP contribution in [0.2, 0.25) is 0 Å². The fraction of sp³-hybridized carbons (Fsp3) is 0.438. The smallest absolute Gasteiger partial charge is 0.252 e. The standard InChI is InChI=1S/C16H22N2O2/c1-5-20-16(2,3)11-17-13-10-15(19)18(4)14-9-7-6-8-12(13)14/h6-10,17H,5,11H2,1-4H3. The second-order valence-corrected chi connectivity index (χ2v) is 5.52. The van der Waals surface area contributed by atoms with Crippen molar-refractivity contribution in [3.05, 3.63) is 40.7 Å². The summed E-state index contributed by atoms with van der Waals surface area (Å²) in [6.45, 7) is 7.37. The predicted octanol–water partition coefficient (Wildman–Crippen LogP) is 2.77. The number of nitrogens with zero attached hydrogens (tertiary/aromatic N) is 1. The first-order valence-corrected chi connectivity index (χ1v) is 6.91. The molecule has 1 aromatic carbocycles. The maximum Gasteiger partial charge on any atom is 0.252 e. The first kappa shape index (κ1) is 14.6. The van der Waals surface area contributed by atoms with E-state index in [0.717, 1.165) is 16.6 Å². The highest BCUT2D eigenvalue weighted by Gasteiger charge is 2.18. The molecule has 0 saturated carbocycles. The Morgan fingerprint density at radius 1 is 1.30 bits per heavy atom. The van der Waals surface area contributed by atoms with Crippen molar-refractivity contribution in [3.63, 3.8) is 0 Å². The Labute approximate surface area is 119 Å². The van der Waals surface area contributed by atoms with Crippen LogP contribution in [0.15, 0.2) is 35.1 Å². The summed E-state index contributed by atoms with van der Waals surface area (Å²) in [5, 5.41) is 4.39. The van der Waals surface area contributed by atoms with Gasteiger partial charge in [-0.1, -0.05) is 18.2 Å². The van der Waals surface area contributed by atoms with Crippen LogP contribution in [0.5, 0.6) is 0 Å². The highest BCUT2D eigenvalue weighted by molar-refractivity contribution is 5.91. The number of rotatable bonds is 5. The quantitative estimate of drug-likeness (QED) is 0.911. The van der Waals surface area contributed by atoms with Crippen molar-refractivity contribution in [2.24, 2.45) is 7.05 Å². The van der Waals surface area contributed by atoms with Crippen LogP contribution in [0.4, 0.5) is 5.69 Å². The molecule has 0 atom stereocenters. The molecule has 0 bridgehead atoms. The minimum atomic E-state index is -0.267. The van der Waals surface area contributed by atoms with Crippen LogP contribution in [0.25, 0.3) is 10.9 Å². The molecule has 0 aliphatic heterocycles. The van der Waals surface area contributed by atoms with Gasteiger partial charge in [0.05, 0.1) is 11.1 Å². The van der Waals surface area contributed by atoms with Gasteiger partial charge in [0, 0.05) is 37.3 Å². The third kappa shape index (κ3) is 3.02. The first-order chi connectivity index (χ1) is 9.44. The van der Waals surface area contributed by atoms with Crippen molar-refractivity contribution >= 4 is 16.6 Å². The molecule has 0 unspecified atom stereocenters. The van der Waals surface area contributed by atoms with E-state index in [2.05, 4.69) is 5.32 Å². The molecule has 0 spiro atoms. The van der Waals surface area contributed by atoms with E-state index in [1.54, 1.807) is 17.7 Å². The number of para-hydroxylation sites is 1. The number of aromatic nitrogens is 1. The zero-order chi connectivity index (χ0) is 14.8. The van der Waals surface area contributed by atoms with E-state index < -0.39 is 0 Å². The van der Waals surface area contributed by atoms with Crippen LogP contribution < -0.4 is 10.9 Å². The van der Waals surface area contributed by atoms with Crippen LogP contribution >= 0.6 is 0 Å². The zero-order valence-corrected chi connectivity index (χ0v) is 12.6. The summed E-state index contributed by atoms with van der Waals surface area (Å²) < 4.78 is 7.33. The molecule has 1 N–H and O–H groups in total. The molecule has 0 aliphatic rings. The van der Waals surface area contributed by atoms with Gasteiger partial charge in [0.1, 0.15) is 0 Å². The van der Waals surface area contributed by atoms with Crippen molar-refractivity contribution in [1.29, 1.82) is 0 Å². The maximum absolute atomic E-state index is 12.0. The fourth-order valence-electron chi connectivity index (χ4n) is 2.31. The van der Waals surface area contributed by atoms with Gasteiger partial charge in [-0.3, -0.25) is 4.79 Å². The van der Waals surface area contributed by atoms with E-state index in [-0.39, 0.29) is 11.2 Å². The molecule has 4 heteroatoms. The lowest BCUT2D eigenvalue weighted by molar-refractivity contribution is 0.000716. The van der Waals surface area contributed by atoms with Crippen molar-refractivity contribution in [2.75, 3.05) is 18.5 Å². The first-order valence-electron chi connectivity index (χ1n) is 6.91. The monoisotopic (exact) mass is 274 g/mol. The van der Waals surface area contributed by atoms with Gasteiger partial charge < -0.3 is 14.6 Å². The molecule has 2 rings (SSSR count). The average Bonchev–Trinajstić information content (AvgIpc) is 2.41. The van der Waals surface area contributed by atoms with Gasteiger partial charge >= 0.3 is 0 Å². The number of benzene rings is 1. The zero-order valence-electron chi connectivity index (χ0n) is 12.6. The molecule has 0 amide bonds. The number of hydrogen-bond donors (Lipinski definition) is 1. The summed E-state index contributed by atoms with van der Waals surface area (Å²) in [6, 6.07) is 9.53. The van der Waals surface area contributed by atoms with Crippen LogP contribution in [-0.2, 0) is 11.8 Å². The lowest BCUT2D eigenvalue weighted by Crippen LogP contribution is -2.33. The van der Waals surface area contributed by atoms with Crippen molar-refractivity contribution in [2.45, 2.75) is 26.4 Å². The highest BCUT2D eigenvalue weighted by Crippen LogP contribution is 2.21. The van der Waals surface area contributed by atoms with Gasteiger partial charge in [0.2, 0.25) is 0 Å². The Balaban J connectivity index is 2.36. The van der Waals surface area contributed by atoms with Crippen molar-refractivity contribution in [1.82, 2.24) is 4.57 Å². The third-order valence-electron chi connectivity index (χ3n) is 3.39. The van der Waals surface area contributed by atoms with Gasteiger partial charge in [-0.15, -0.1) is 0 Å². The molecule has 1 aromatic heterocycles. The molecule has 1 heterocycles. The molecule has 2 aromatic rings. The number of anilines is 1. The SMILES string of the molecule is CCOC(C)(C)CNc1cc(=O)n(C)c2ccccc12. The fourth-order valence-corrected chi connectivity index (χ4v) is 2.31. The van der Waals surface area contributed by atoms with Crippen LogP contribution in [0.1, 0.15) is 20.8 Å². The lowest BCUT2D eigenvalue weighted by Gasteiger charge is -2.26. The summed E-state index contributed by atoms with van der Waals surface area (Å²) in [5.74, 6) is 0. The van der Waals surface area contributed by atoms with E-state index in [4.69, 9.17) is 4.74 Å². The number of nitrogens with one attached hydrogen (secondary N) is 1. The second-order valence-electron chi connectivity index (χ2n) is 5.52. The van der Waals surface area contributed by atoms with Gasteiger partial charge in [0.25, 0.3) is 5.56 Å². The van der Waals surface area contributed by atoms with E-state index in [9.17, 15) is 4.79 Å². The topological polar surface area (TPSA) is 43.3 Å². The lowest BCUT2D eigenvalue weighted by atomic mass is 10.1. The summed E-state index contributed by atoms with van der Waals surface area (Å²) in [4.78, 5) is 12.0. The summed E-state index contributed by atoms with van der Waals surface area (Å²) in [7, 11) is 1.79. The molecule has 0 aliphatic carbocycles. The van der Waals surface area contributed by atoms with Gasteiger partial charge in [-0.25, -0.2) is 0 Å². The Morgan fingerprint density at radius 3 is 2.70 bits per heavy atom. The largest absolute Gasteiger partial charge is 0.381 e. The Hall–Kier alpha value is -1.81. The number of ether oxygens (including phenoxy) is 1. The van der Waals surface area contributed by atoms with Crippen LogP contribution in [-0.4, -0.2) is 23.3 Å². The Bertz CT molecular complexity index is 659. The van der Waals surface area contributed by atoms with E-state index in [0.29, 0.717) is 13.2 Å². The van der Waals surface area contributed by atoms with Gasteiger partial charge in [0.15, 0.2) is 0 Å². The van der Waals surface area contributed by atoms with Gasteiger partial charge in [-0.05, 0) is 26.8 Å². The molecule has 108 valence electrons. The second kappa shape index (κ2) is 5.67. The summed E-state index contributed by atoms with van der Waals surface area (Å²) in [6.07, 6.45) is 0. The normalized spacial score (nSPS) is 11.8. The minimum absolute atomic E-state index is 0.0135. The number of pyridine rings is 1. The van der Waals surface area contributed by atoms with E-state index in [1.165, 1.54) is 0 Å². The van der Waals surface area contributed by atoms with Crippen molar-refractivity contribution < 1.29 is 4.74 Å². The summed E-state index contributed by atoms with van der Waals surface area (Å²) >= 11 is 0. The van der Waals surface area contributed by atoms with Gasteiger partial charge in [-0.2, -0.15) is 0 Å². The molecule has 20 heavy (non-hydrogen) atoms. The summed E-state index contributed by atoms with van der Waals surface area (Å²) in [5.41, 5.74) is 1.50. The number of fused-ring (bicyclic) bond motifs is 1. The third-order valence-corrected chi connectivity index (χ3v) is 3.39. The highest BCUT2D eigenvalue weighted by atomic mass is 16.5. The Morgan fingerprint density at radius 2 is 2.00 bits per heavy atom. The molecule has 4 nitrogen and oxygen atoms in total. The maximum atomic E-state index is 12.0. The molecular weight excluding hydrogens is 252 g/mol. The number of hydrogen-bond acceptors (Lipinski definition) is 3. The van der Waals surface area contributed by atoms with Crippen LogP contribution in [0, 0.1) is 0 Å². The Kier molecular flexibility index (Phi) is 4.14. The average molecular weight is 274 g/mol. The number of aryl methyl sites for hydroxylation is 1. The predicted molar refractivity (Wildman–Crippen MR) is 83.4 cm³/mol. The van der Waals surface area contributed by atoms with Crippen molar-refractivity contribution in [3.8, 4) is 0 Å². The molecular formula is C16H22N2O2. The van der Waals surface area contributed by atoms with Crippen LogP contribution in [0.3, 0.4) is 0 Å². The minimum Gasteiger partial charge on any atom is -0.381 e. The molecule has 0 fully saturated rings. The molecule has 0 radical (unpaired) electrons. The molecule has 0 saturated heterocycles. The van der Waals surface area contributed by atoms with E-state index in [1.807, 2.05) is 45.0 Å². The van der Waals surface area contributed by atoms with E-state index >= 15 is 0 Å².